The highest BCUT2D eigenvalue weighted by Gasteiger charge is 2.35. The van der Waals surface area contributed by atoms with Gasteiger partial charge < -0.3 is 19.4 Å². The monoisotopic (exact) mass is 509 g/mol. The molecule has 0 radical (unpaired) electrons. The van der Waals surface area contributed by atoms with Crippen molar-refractivity contribution in [2.75, 3.05) is 39.4 Å². The molecule has 192 valence electrons. The molecule has 2 aliphatic rings. The Balaban J connectivity index is 1.29. The Labute approximate surface area is 218 Å². The van der Waals surface area contributed by atoms with Gasteiger partial charge in [-0.3, -0.25) is 4.90 Å². The third kappa shape index (κ3) is 5.50. The van der Waals surface area contributed by atoms with E-state index in [2.05, 4.69) is 22.0 Å². The molecule has 1 aromatic heterocycles. The van der Waals surface area contributed by atoms with Crippen molar-refractivity contribution in [3.63, 3.8) is 0 Å². The minimum absolute atomic E-state index is 0.252. The topological polar surface area (TPSA) is 57.8 Å². The summed E-state index contributed by atoms with van der Waals surface area (Å²) in [7, 11) is 0. The summed E-state index contributed by atoms with van der Waals surface area (Å²) >= 11 is 6.30. The lowest BCUT2D eigenvalue weighted by Crippen LogP contribution is -2.40. The van der Waals surface area contributed by atoms with Crippen molar-refractivity contribution in [1.29, 1.82) is 0 Å². The molecule has 0 bridgehead atoms. The van der Waals surface area contributed by atoms with E-state index in [0.717, 1.165) is 47.4 Å². The lowest BCUT2D eigenvalue weighted by Gasteiger charge is -2.35. The molecule has 3 heterocycles. The Morgan fingerprint density at radius 3 is 2.64 bits per heavy atom. The van der Waals surface area contributed by atoms with Crippen LogP contribution in [0.2, 0.25) is 5.02 Å². The molecule has 1 unspecified atom stereocenters. The normalized spacial score (nSPS) is 18.3. The Kier molecular flexibility index (Phi) is 8.02. The highest BCUT2D eigenvalue weighted by molar-refractivity contribution is 6.31. The number of halogens is 1. The van der Waals surface area contributed by atoms with E-state index in [1.54, 1.807) is 0 Å². The first-order chi connectivity index (χ1) is 17.6. The fraction of sp³-hybridized carbons (Fsp3) is 0.483. The van der Waals surface area contributed by atoms with Crippen LogP contribution in [0.15, 0.2) is 42.5 Å². The number of aromatic amines is 1. The number of fused-ring (bicyclic) bond motifs is 3. The van der Waals surface area contributed by atoms with Crippen LogP contribution >= 0.6 is 11.6 Å². The average Bonchev–Trinajstić information content (AvgIpc) is 3.27. The van der Waals surface area contributed by atoms with Crippen molar-refractivity contribution in [1.82, 2.24) is 14.8 Å². The molecular weight excluding hydrogens is 474 g/mol. The van der Waals surface area contributed by atoms with Crippen molar-refractivity contribution in [2.24, 2.45) is 0 Å². The molecule has 0 saturated carbocycles. The molecule has 3 aromatic rings. The van der Waals surface area contributed by atoms with Gasteiger partial charge in [-0.1, -0.05) is 30.2 Å². The number of rotatable bonds is 8. The second kappa shape index (κ2) is 11.6. The number of benzene rings is 2. The van der Waals surface area contributed by atoms with E-state index in [4.69, 9.17) is 21.1 Å². The Hall–Kier alpha value is -2.70. The molecule has 1 N–H and O–H groups in total. The number of nitrogens with zero attached hydrogens (tertiary/aromatic N) is 2. The van der Waals surface area contributed by atoms with Crippen LogP contribution in [-0.4, -0.2) is 60.3 Å². The number of ether oxygens (including phenoxy) is 2. The molecule has 0 aliphatic carbocycles. The molecule has 2 aliphatic heterocycles. The van der Waals surface area contributed by atoms with E-state index in [1.165, 1.54) is 50.9 Å². The predicted molar refractivity (Wildman–Crippen MR) is 144 cm³/mol. The van der Waals surface area contributed by atoms with Gasteiger partial charge >= 0.3 is 6.09 Å². The number of likely N-dealkylation sites (tertiary alicyclic amines) is 1. The minimum Gasteiger partial charge on any atom is -0.494 e. The summed E-state index contributed by atoms with van der Waals surface area (Å²) in [5.74, 6) is 0.860. The standard InChI is InChI=1S/C29H36ClN3O3/c1-2-35-29(34)33-18-14-24-25-20-22(30)10-13-26(25)31-27(24)28(33)21-8-11-23(12-9-21)36-19-7-6-17-32-15-4-3-5-16-32/h8-13,20,28,31H,2-7,14-19H2,1H3. The molecule has 1 fully saturated rings. The molecule has 6 nitrogen and oxygen atoms in total. The van der Waals surface area contributed by atoms with Gasteiger partial charge in [-0.2, -0.15) is 0 Å². The smallest absolute Gasteiger partial charge is 0.410 e. The van der Waals surface area contributed by atoms with Crippen LogP contribution in [0.4, 0.5) is 4.79 Å². The molecule has 0 spiro atoms. The summed E-state index contributed by atoms with van der Waals surface area (Å²) < 4.78 is 11.4. The highest BCUT2D eigenvalue weighted by atomic mass is 35.5. The first kappa shape index (κ1) is 25.0. The Bertz CT molecular complexity index is 1170. The van der Waals surface area contributed by atoms with Crippen LogP contribution in [0.3, 0.4) is 0 Å². The third-order valence-electron chi connectivity index (χ3n) is 7.37. The van der Waals surface area contributed by atoms with E-state index in [0.29, 0.717) is 18.2 Å². The van der Waals surface area contributed by atoms with E-state index in [1.807, 2.05) is 42.2 Å². The van der Waals surface area contributed by atoms with Crippen molar-refractivity contribution < 1.29 is 14.3 Å². The lowest BCUT2D eigenvalue weighted by molar-refractivity contribution is 0.0932. The van der Waals surface area contributed by atoms with Crippen LogP contribution in [0, 0.1) is 0 Å². The number of amides is 1. The number of carbonyl (C=O) groups is 1. The Morgan fingerprint density at radius 1 is 1.06 bits per heavy atom. The van der Waals surface area contributed by atoms with Gasteiger partial charge in [-0.25, -0.2) is 4.79 Å². The van der Waals surface area contributed by atoms with E-state index in [9.17, 15) is 4.79 Å². The number of hydrogen-bond donors (Lipinski definition) is 1. The lowest BCUT2D eigenvalue weighted by atomic mass is 9.92. The van der Waals surface area contributed by atoms with Crippen LogP contribution in [0.5, 0.6) is 5.75 Å². The molecule has 7 heteroatoms. The molecule has 5 rings (SSSR count). The highest BCUT2D eigenvalue weighted by Crippen LogP contribution is 2.39. The predicted octanol–water partition coefficient (Wildman–Crippen LogP) is 6.57. The summed E-state index contributed by atoms with van der Waals surface area (Å²) in [6, 6.07) is 13.8. The van der Waals surface area contributed by atoms with Crippen molar-refractivity contribution >= 4 is 28.6 Å². The Morgan fingerprint density at radius 2 is 1.86 bits per heavy atom. The van der Waals surface area contributed by atoms with Crippen LogP contribution in [0.1, 0.15) is 61.9 Å². The number of carbonyl (C=O) groups excluding carboxylic acids is 1. The number of hydrogen-bond acceptors (Lipinski definition) is 4. The van der Waals surface area contributed by atoms with E-state index < -0.39 is 0 Å². The maximum absolute atomic E-state index is 12.9. The molecular formula is C29H36ClN3O3. The van der Waals surface area contributed by atoms with Gasteiger partial charge in [0.15, 0.2) is 0 Å². The van der Waals surface area contributed by atoms with Gasteiger partial charge in [0.05, 0.1) is 13.2 Å². The summed E-state index contributed by atoms with van der Waals surface area (Å²) in [6.07, 6.45) is 6.74. The molecule has 1 saturated heterocycles. The van der Waals surface area contributed by atoms with Crippen LogP contribution < -0.4 is 4.74 Å². The fourth-order valence-electron chi connectivity index (χ4n) is 5.57. The van der Waals surface area contributed by atoms with Gasteiger partial charge in [-0.05, 0) is 100 Å². The molecule has 36 heavy (non-hydrogen) atoms. The van der Waals surface area contributed by atoms with Crippen molar-refractivity contribution in [2.45, 2.75) is 51.5 Å². The summed E-state index contributed by atoms with van der Waals surface area (Å²) in [5, 5.41) is 1.83. The zero-order valence-corrected chi connectivity index (χ0v) is 21.9. The van der Waals surface area contributed by atoms with E-state index >= 15 is 0 Å². The fourth-order valence-corrected chi connectivity index (χ4v) is 5.74. The van der Waals surface area contributed by atoms with Crippen LogP contribution in [0.25, 0.3) is 10.9 Å². The van der Waals surface area contributed by atoms with Crippen LogP contribution in [-0.2, 0) is 11.2 Å². The third-order valence-corrected chi connectivity index (χ3v) is 7.61. The largest absolute Gasteiger partial charge is 0.494 e. The first-order valence-corrected chi connectivity index (χ1v) is 13.7. The number of piperidine rings is 1. The average molecular weight is 510 g/mol. The number of unbranched alkanes of at least 4 members (excludes halogenated alkanes) is 1. The second-order valence-electron chi connectivity index (χ2n) is 9.78. The van der Waals surface area contributed by atoms with Gasteiger partial charge in [0.25, 0.3) is 0 Å². The second-order valence-corrected chi connectivity index (χ2v) is 10.2. The van der Waals surface area contributed by atoms with Crippen molar-refractivity contribution in [3.05, 3.63) is 64.3 Å². The molecule has 1 atom stereocenters. The summed E-state index contributed by atoms with van der Waals surface area (Å²) in [6.45, 7) is 7.16. The first-order valence-electron chi connectivity index (χ1n) is 13.3. The van der Waals surface area contributed by atoms with Crippen molar-refractivity contribution in [3.8, 4) is 5.75 Å². The number of H-pyrrole nitrogens is 1. The SMILES string of the molecule is CCOC(=O)N1CCc2c([nH]c3ccc(Cl)cc23)C1c1ccc(OCCCCN2CCCCC2)cc1. The molecule has 1 amide bonds. The zero-order valence-electron chi connectivity index (χ0n) is 21.1. The van der Waals surface area contributed by atoms with Gasteiger partial charge in [0.2, 0.25) is 0 Å². The van der Waals surface area contributed by atoms with E-state index in [-0.39, 0.29) is 12.1 Å². The number of nitrogens with one attached hydrogen (secondary N) is 1. The maximum atomic E-state index is 12.9. The van der Waals surface area contributed by atoms with Gasteiger partial charge in [-0.15, -0.1) is 0 Å². The minimum atomic E-state index is -0.293. The van der Waals surface area contributed by atoms with Gasteiger partial charge in [0.1, 0.15) is 11.8 Å². The molecule has 2 aromatic carbocycles. The quantitative estimate of drug-likeness (QED) is 0.349. The summed E-state index contributed by atoms with van der Waals surface area (Å²) in [4.78, 5) is 20.8. The number of aromatic nitrogens is 1. The maximum Gasteiger partial charge on any atom is 0.410 e. The summed E-state index contributed by atoms with van der Waals surface area (Å²) in [5.41, 5.74) is 4.30. The zero-order chi connectivity index (χ0) is 24.9. The van der Waals surface area contributed by atoms with Gasteiger partial charge in [0, 0.05) is 28.2 Å².